The molecule has 6 heteroatoms. The molecular formula is C16H44NO4Re+. The fourth-order valence-electron chi connectivity index (χ4n) is 2.64. The Kier molecular flexibility index (Phi) is 45.8. The number of rotatable bonds is 12. The number of unbranched alkanes of at least 4 members (excludes halogenated alkanes) is 4. The summed E-state index contributed by atoms with van der Waals surface area (Å²) in [6.07, 6.45) is 11.1. The first-order valence-corrected chi connectivity index (χ1v) is 8.09. The van der Waals surface area contributed by atoms with Crippen molar-refractivity contribution in [2.45, 2.75) is 79.1 Å². The topological polar surface area (TPSA) is 126 Å². The largest absolute Gasteiger partial charge is 0.412 e. The molecule has 0 aliphatic carbocycles. The minimum atomic E-state index is 0. The molecule has 143 valence electrons. The van der Waals surface area contributed by atoms with Crippen molar-refractivity contribution in [2.24, 2.45) is 0 Å². The summed E-state index contributed by atoms with van der Waals surface area (Å²) in [7, 11) is 0. The van der Waals surface area contributed by atoms with Crippen LogP contribution in [0.3, 0.4) is 0 Å². The van der Waals surface area contributed by atoms with Gasteiger partial charge in [0.1, 0.15) is 0 Å². The molecule has 0 rings (SSSR count). The van der Waals surface area contributed by atoms with Gasteiger partial charge in [-0.2, -0.15) is 0 Å². The Morgan fingerprint density at radius 1 is 0.455 bits per heavy atom. The Hall–Kier alpha value is 0.462. The Bertz CT molecular complexity index is 137. The van der Waals surface area contributed by atoms with Gasteiger partial charge in [0.15, 0.2) is 0 Å². The van der Waals surface area contributed by atoms with Crippen molar-refractivity contribution >= 4 is 0 Å². The van der Waals surface area contributed by atoms with E-state index in [1.54, 1.807) is 0 Å². The fourth-order valence-corrected chi connectivity index (χ4v) is 2.64. The minimum Gasteiger partial charge on any atom is -0.412 e. The molecule has 0 aliphatic rings. The maximum Gasteiger partial charge on any atom is 0.0786 e. The van der Waals surface area contributed by atoms with Crippen molar-refractivity contribution in [3.8, 4) is 0 Å². The average molecular weight is 501 g/mol. The zero-order valence-electron chi connectivity index (χ0n) is 15.3. The number of nitrogens with zero attached hydrogens (tertiary/aromatic N) is 1. The second-order valence-electron chi connectivity index (χ2n) is 5.65. The van der Waals surface area contributed by atoms with Crippen LogP contribution in [-0.2, 0) is 20.4 Å². The Morgan fingerprint density at radius 2 is 0.636 bits per heavy atom. The molecule has 8 N–H and O–H groups in total. The summed E-state index contributed by atoms with van der Waals surface area (Å²) in [4.78, 5) is 0. The molecular weight excluding hydrogens is 456 g/mol. The maximum atomic E-state index is 2.33. The maximum absolute atomic E-state index is 2.33. The molecule has 0 amide bonds. The van der Waals surface area contributed by atoms with Crippen LogP contribution >= 0.6 is 0 Å². The van der Waals surface area contributed by atoms with Crippen LogP contribution in [0.4, 0.5) is 0 Å². The molecule has 0 aromatic carbocycles. The number of quaternary nitrogens is 1. The van der Waals surface area contributed by atoms with Crippen LogP contribution in [0.5, 0.6) is 0 Å². The smallest absolute Gasteiger partial charge is 0.0786 e. The normalized spacial score (nSPS) is 9.27. The zero-order valence-corrected chi connectivity index (χ0v) is 18.0. The van der Waals surface area contributed by atoms with Gasteiger partial charge in [-0.25, -0.2) is 0 Å². The summed E-state index contributed by atoms with van der Waals surface area (Å²) < 4.78 is 1.42. The van der Waals surface area contributed by atoms with E-state index in [4.69, 9.17) is 0 Å². The molecule has 0 bridgehead atoms. The van der Waals surface area contributed by atoms with Crippen LogP contribution < -0.4 is 0 Å². The predicted molar refractivity (Wildman–Crippen MR) is 93.8 cm³/mol. The third-order valence-corrected chi connectivity index (χ3v) is 3.94. The van der Waals surface area contributed by atoms with Crippen molar-refractivity contribution in [3.63, 3.8) is 0 Å². The molecule has 0 unspecified atom stereocenters. The van der Waals surface area contributed by atoms with Crippen molar-refractivity contribution in [3.05, 3.63) is 0 Å². The summed E-state index contributed by atoms with van der Waals surface area (Å²) in [6, 6.07) is 0. The van der Waals surface area contributed by atoms with E-state index in [9.17, 15) is 0 Å². The van der Waals surface area contributed by atoms with Crippen LogP contribution in [0.15, 0.2) is 0 Å². The van der Waals surface area contributed by atoms with Crippen molar-refractivity contribution in [1.29, 1.82) is 0 Å². The van der Waals surface area contributed by atoms with Gasteiger partial charge in [0.25, 0.3) is 0 Å². The van der Waals surface area contributed by atoms with Crippen LogP contribution in [-0.4, -0.2) is 52.6 Å². The van der Waals surface area contributed by atoms with E-state index in [0.717, 1.165) is 0 Å². The molecule has 0 fully saturated rings. The molecule has 5 nitrogen and oxygen atoms in total. The van der Waals surface area contributed by atoms with Crippen LogP contribution in [0.2, 0.25) is 0 Å². The minimum absolute atomic E-state index is 0. The number of hydrogen-bond acceptors (Lipinski definition) is 0. The average Bonchev–Trinajstić information content (AvgIpc) is 2.37. The van der Waals surface area contributed by atoms with Gasteiger partial charge in [0, 0.05) is 20.4 Å². The van der Waals surface area contributed by atoms with E-state index in [0.29, 0.717) is 0 Å². The second kappa shape index (κ2) is 26.4. The fraction of sp³-hybridized carbons (Fsp3) is 1.00. The SMILES string of the molecule is CCCC[N+](CCCC)(CCCC)CCCC.O.O.O.O.[Re]. The van der Waals surface area contributed by atoms with E-state index in [1.165, 1.54) is 82.0 Å². The molecule has 22 heavy (non-hydrogen) atoms. The summed E-state index contributed by atoms with van der Waals surface area (Å²) >= 11 is 0. The molecule has 0 saturated heterocycles. The van der Waals surface area contributed by atoms with Crippen LogP contribution in [0.25, 0.3) is 0 Å². The third kappa shape index (κ3) is 18.5. The van der Waals surface area contributed by atoms with Gasteiger partial charge in [0.05, 0.1) is 26.2 Å². The van der Waals surface area contributed by atoms with E-state index in [1.807, 2.05) is 0 Å². The quantitative estimate of drug-likeness (QED) is 0.362. The molecule has 1 radical (unpaired) electrons. The molecule has 0 aromatic rings. The number of hydrogen-bond donors (Lipinski definition) is 0. The first-order valence-electron chi connectivity index (χ1n) is 8.09. The Morgan fingerprint density at radius 3 is 0.773 bits per heavy atom. The predicted octanol–water partition coefficient (Wildman–Crippen LogP) is 1.70. The summed E-state index contributed by atoms with van der Waals surface area (Å²) in [5.41, 5.74) is 0. The second-order valence-corrected chi connectivity index (χ2v) is 5.65. The van der Waals surface area contributed by atoms with Crippen LogP contribution in [0.1, 0.15) is 79.1 Å². The third-order valence-electron chi connectivity index (χ3n) is 3.94. The van der Waals surface area contributed by atoms with Gasteiger partial charge in [0.2, 0.25) is 0 Å². The van der Waals surface area contributed by atoms with Crippen molar-refractivity contribution in [1.82, 2.24) is 0 Å². The molecule has 0 heterocycles. The first-order chi connectivity index (χ1) is 8.24. The van der Waals surface area contributed by atoms with Gasteiger partial charge in [-0.3, -0.25) is 0 Å². The summed E-state index contributed by atoms with van der Waals surface area (Å²) in [6.45, 7) is 15.0. The van der Waals surface area contributed by atoms with Gasteiger partial charge in [-0.15, -0.1) is 0 Å². The zero-order chi connectivity index (χ0) is 13.0. The first kappa shape index (κ1) is 38.2. The van der Waals surface area contributed by atoms with Gasteiger partial charge in [-0.05, 0) is 25.7 Å². The molecule has 0 aromatic heterocycles. The van der Waals surface area contributed by atoms with E-state index in [2.05, 4.69) is 27.7 Å². The van der Waals surface area contributed by atoms with Gasteiger partial charge >= 0.3 is 0 Å². The summed E-state index contributed by atoms with van der Waals surface area (Å²) in [5.74, 6) is 0. The Labute approximate surface area is 152 Å². The molecule has 0 aliphatic heterocycles. The summed E-state index contributed by atoms with van der Waals surface area (Å²) in [5, 5.41) is 0. The van der Waals surface area contributed by atoms with E-state index in [-0.39, 0.29) is 42.3 Å². The van der Waals surface area contributed by atoms with Crippen molar-refractivity contribution < 1.29 is 46.8 Å². The van der Waals surface area contributed by atoms with Crippen LogP contribution in [0, 0.1) is 0 Å². The monoisotopic (exact) mass is 501 g/mol. The van der Waals surface area contributed by atoms with Gasteiger partial charge < -0.3 is 26.4 Å². The van der Waals surface area contributed by atoms with Crippen molar-refractivity contribution in [2.75, 3.05) is 26.2 Å². The Balaban J connectivity index is -0.000000128. The molecule has 0 atom stereocenters. The van der Waals surface area contributed by atoms with E-state index < -0.39 is 0 Å². The van der Waals surface area contributed by atoms with E-state index >= 15 is 0 Å². The standard InChI is InChI=1S/C16H36N.4H2O.Re/c1-5-9-13-17(14-10-6-2,15-11-7-3)16-12-8-4;;;;;/h5-16H2,1-4H3;4*1H2;/q+1;;;;;. The van der Waals surface area contributed by atoms with Gasteiger partial charge in [-0.1, -0.05) is 53.4 Å². The molecule has 0 saturated carbocycles. The molecule has 0 spiro atoms.